The summed E-state index contributed by atoms with van der Waals surface area (Å²) in [6.45, 7) is 4.63. The summed E-state index contributed by atoms with van der Waals surface area (Å²) in [4.78, 5) is 2.70. The van der Waals surface area contributed by atoms with E-state index >= 15 is 0 Å². The lowest BCUT2D eigenvalue weighted by Crippen LogP contribution is -2.48. The minimum Gasteiger partial charge on any atom is -0.312 e. The first kappa shape index (κ1) is 10.2. The molecule has 0 N–H and O–H groups in total. The molecular formula is C10H18INO. The van der Waals surface area contributed by atoms with E-state index in [0.29, 0.717) is 12.1 Å². The van der Waals surface area contributed by atoms with Gasteiger partial charge in [0, 0.05) is 18.1 Å². The molecule has 2 bridgehead atoms. The van der Waals surface area contributed by atoms with Crippen LogP contribution in [0, 0.1) is 0 Å². The Bertz CT molecular complexity index is 172. The smallest absolute Gasteiger partial charge is 0.110 e. The number of rotatable bonds is 2. The predicted molar refractivity (Wildman–Crippen MR) is 61.9 cm³/mol. The van der Waals surface area contributed by atoms with E-state index in [1.165, 1.54) is 25.7 Å². The fourth-order valence-electron chi connectivity index (χ4n) is 3.08. The highest BCUT2D eigenvalue weighted by atomic mass is 127. The molecule has 0 amide bonds. The minimum atomic E-state index is 0.521. The molecule has 0 aromatic carbocycles. The quantitative estimate of drug-likeness (QED) is 0.726. The topological polar surface area (TPSA) is 12.5 Å². The summed E-state index contributed by atoms with van der Waals surface area (Å²) in [5.41, 5.74) is 0. The van der Waals surface area contributed by atoms with E-state index in [0.717, 1.165) is 12.1 Å². The van der Waals surface area contributed by atoms with E-state index in [1.54, 1.807) is 0 Å². The molecule has 76 valence electrons. The van der Waals surface area contributed by atoms with Crippen molar-refractivity contribution in [1.82, 2.24) is 4.90 Å². The summed E-state index contributed by atoms with van der Waals surface area (Å²) in [5, 5.41) is 0. The van der Waals surface area contributed by atoms with Crippen molar-refractivity contribution in [2.24, 2.45) is 0 Å². The second-order valence-electron chi connectivity index (χ2n) is 4.61. The molecule has 2 nitrogen and oxygen atoms in total. The van der Waals surface area contributed by atoms with Gasteiger partial charge in [0.25, 0.3) is 0 Å². The lowest BCUT2D eigenvalue weighted by atomic mass is 9.98. The zero-order chi connectivity index (χ0) is 9.42. The van der Waals surface area contributed by atoms with Crippen molar-refractivity contribution in [3.8, 4) is 0 Å². The monoisotopic (exact) mass is 295 g/mol. The Morgan fingerprint density at radius 3 is 2.15 bits per heavy atom. The molecule has 2 atom stereocenters. The summed E-state index contributed by atoms with van der Waals surface area (Å²) >= 11 is 2.06. The summed E-state index contributed by atoms with van der Waals surface area (Å²) in [5.74, 6) is 0. The second kappa shape index (κ2) is 4.03. The van der Waals surface area contributed by atoms with Gasteiger partial charge >= 0.3 is 0 Å². The van der Waals surface area contributed by atoms with Crippen LogP contribution in [-0.4, -0.2) is 29.1 Å². The number of nitrogens with zero attached hydrogens (tertiary/aromatic N) is 1. The molecule has 0 saturated carbocycles. The maximum absolute atomic E-state index is 5.44. The van der Waals surface area contributed by atoms with Gasteiger partial charge < -0.3 is 3.07 Å². The number of hydrogen-bond acceptors (Lipinski definition) is 2. The molecule has 2 heterocycles. The van der Waals surface area contributed by atoms with Gasteiger partial charge in [0.1, 0.15) is 23.0 Å². The van der Waals surface area contributed by atoms with Crippen molar-refractivity contribution < 1.29 is 3.07 Å². The van der Waals surface area contributed by atoms with E-state index in [-0.39, 0.29) is 0 Å². The summed E-state index contributed by atoms with van der Waals surface area (Å²) in [6.07, 6.45) is 5.79. The maximum Gasteiger partial charge on any atom is 0.110 e. The van der Waals surface area contributed by atoms with Crippen LogP contribution in [0.15, 0.2) is 0 Å². The van der Waals surface area contributed by atoms with Gasteiger partial charge in [-0.1, -0.05) is 0 Å². The zero-order valence-corrected chi connectivity index (χ0v) is 10.5. The van der Waals surface area contributed by atoms with Gasteiger partial charge in [-0.25, -0.2) is 0 Å². The van der Waals surface area contributed by atoms with Crippen molar-refractivity contribution >= 4 is 23.0 Å². The first-order valence-corrected chi connectivity index (χ1v) is 6.15. The van der Waals surface area contributed by atoms with Gasteiger partial charge in [0.05, 0.1) is 6.10 Å². The highest BCUT2D eigenvalue weighted by Crippen LogP contribution is 2.38. The fourth-order valence-corrected chi connectivity index (χ4v) is 3.49. The van der Waals surface area contributed by atoms with Gasteiger partial charge in [-0.05, 0) is 39.5 Å². The Hall–Kier alpha value is 0.650. The summed E-state index contributed by atoms with van der Waals surface area (Å²) in [7, 11) is 0. The van der Waals surface area contributed by atoms with Crippen LogP contribution < -0.4 is 0 Å². The predicted octanol–water partition coefficient (Wildman–Crippen LogP) is 2.76. The van der Waals surface area contributed by atoms with Crippen LogP contribution in [0.2, 0.25) is 0 Å². The highest BCUT2D eigenvalue weighted by molar-refractivity contribution is 14.1. The molecule has 2 unspecified atom stereocenters. The number of halogens is 1. The van der Waals surface area contributed by atoms with Crippen molar-refractivity contribution in [3.63, 3.8) is 0 Å². The van der Waals surface area contributed by atoms with Gasteiger partial charge in [-0.3, -0.25) is 4.90 Å². The number of hydrogen-bond donors (Lipinski definition) is 0. The van der Waals surface area contributed by atoms with Gasteiger partial charge in [0.2, 0.25) is 0 Å². The fraction of sp³-hybridized carbons (Fsp3) is 1.00. The Balaban J connectivity index is 2.04. The molecule has 0 aromatic heterocycles. The molecule has 2 aliphatic heterocycles. The first-order valence-electron chi connectivity index (χ1n) is 5.27. The van der Waals surface area contributed by atoms with Crippen molar-refractivity contribution in [2.75, 3.05) is 0 Å². The zero-order valence-electron chi connectivity index (χ0n) is 8.37. The molecule has 0 radical (unpaired) electrons. The molecule has 2 aliphatic rings. The third-order valence-corrected chi connectivity index (χ3v) is 4.19. The average molecular weight is 295 g/mol. The molecule has 2 saturated heterocycles. The molecular weight excluding hydrogens is 277 g/mol. The molecule has 0 aromatic rings. The SMILES string of the molecule is CC(C)N1C2CCC1CC(OI)C2. The minimum absolute atomic E-state index is 0.521. The summed E-state index contributed by atoms with van der Waals surface area (Å²) < 4.78 is 5.44. The Morgan fingerprint density at radius 2 is 1.77 bits per heavy atom. The lowest BCUT2D eigenvalue weighted by molar-refractivity contribution is 0.0484. The van der Waals surface area contributed by atoms with Crippen LogP contribution in [0.25, 0.3) is 0 Å². The van der Waals surface area contributed by atoms with E-state index in [2.05, 4.69) is 41.8 Å². The molecule has 2 rings (SSSR count). The van der Waals surface area contributed by atoms with Crippen LogP contribution in [0.4, 0.5) is 0 Å². The van der Waals surface area contributed by atoms with Crippen LogP contribution in [0.3, 0.4) is 0 Å². The van der Waals surface area contributed by atoms with E-state index in [4.69, 9.17) is 3.07 Å². The third kappa shape index (κ3) is 1.88. The standard InChI is InChI=1S/C10H18INO/c1-7(2)12-8-3-4-9(12)6-10(5-8)13-11/h7-10H,3-6H2,1-2H3. The maximum atomic E-state index is 5.44. The highest BCUT2D eigenvalue weighted by Gasteiger charge is 2.41. The van der Waals surface area contributed by atoms with Crippen molar-refractivity contribution in [2.45, 2.75) is 63.8 Å². The van der Waals surface area contributed by atoms with Gasteiger partial charge in [0.15, 0.2) is 0 Å². The van der Waals surface area contributed by atoms with Gasteiger partial charge in [-0.2, -0.15) is 0 Å². The molecule has 2 fully saturated rings. The normalized spacial score (nSPS) is 40.2. The van der Waals surface area contributed by atoms with E-state index < -0.39 is 0 Å². The van der Waals surface area contributed by atoms with E-state index in [9.17, 15) is 0 Å². The van der Waals surface area contributed by atoms with Crippen LogP contribution in [0.5, 0.6) is 0 Å². The van der Waals surface area contributed by atoms with E-state index in [1.807, 2.05) is 0 Å². The largest absolute Gasteiger partial charge is 0.312 e. The van der Waals surface area contributed by atoms with Crippen LogP contribution in [0.1, 0.15) is 39.5 Å². The number of piperidine rings is 1. The van der Waals surface area contributed by atoms with Crippen LogP contribution >= 0.6 is 23.0 Å². The second-order valence-corrected chi connectivity index (χ2v) is 5.12. The Labute approximate surface area is 94.7 Å². The lowest BCUT2D eigenvalue weighted by Gasteiger charge is -2.40. The molecule has 3 heteroatoms. The molecule has 13 heavy (non-hydrogen) atoms. The van der Waals surface area contributed by atoms with Crippen LogP contribution in [-0.2, 0) is 3.07 Å². The average Bonchev–Trinajstić information content (AvgIpc) is 2.37. The number of fused-ring (bicyclic) bond motifs is 2. The van der Waals surface area contributed by atoms with Crippen molar-refractivity contribution in [1.29, 1.82) is 0 Å². The van der Waals surface area contributed by atoms with Gasteiger partial charge in [-0.15, -0.1) is 0 Å². The van der Waals surface area contributed by atoms with Crippen molar-refractivity contribution in [3.05, 3.63) is 0 Å². The molecule has 0 spiro atoms. The Morgan fingerprint density at radius 1 is 1.23 bits per heavy atom. The summed E-state index contributed by atoms with van der Waals surface area (Å²) in [6, 6.07) is 2.32. The third-order valence-electron chi connectivity index (χ3n) is 3.47. The first-order chi connectivity index (χ1) is 6.22. The molecule has 0 aliphatic carbocycles. The Kier molecular flexibility index (Phi) is 3.15.